The Bertz CT molecular complexity index is 861. The average Bonchev–Trinajstić information content (AvgIpc) is 3.42. The van der Waals surface area contributed by atoms with Crippen LogP contribution in [-0.4, -0.2) is 11.5 Å². The molecule has 3 aliphatic carbocycles. The molecule has 1 atom stereocenters. The molecule has 1 aromatic heterocycles. The number of hydrogen-bond donors (Lipinski definition) is 3. The molecule has 150 valence electrons. The molecule has 0 saturated carbocycles. The molecule has 5 rings (SSSR count). The Morgan fingerprint density at radius 3 is 2.32 bits per heavy atom. The minimum atomic E-state index is -0.402. The van der Waals surface area contributed by atoms with Crippen LogP contribution in [0, 0.1) is 5.82 Å². The van der Waals surface area contributed by atoms with Gasteiger partial charge in [0.1, 0.15) is 11.6 Å². The van der Waals surface area contributed by atoms with Crippen molar-refractivity contribution in [3.8, 4) is 0 Å². The Kier molecular flexibility index (Phi) is 5.64. The maximum absolute atomic E-state index is 14.7. The highest BCUT2D eigenvalue weighted by molar-refractivity contribution is 8.00. The number of halogens is 1. The molecule has 0 fully saturated rings. The van der Waals surface area contributed by atoms with Gasteiger partial charge in [0, 0.05) is 23.9 Å². The second-order valence-electron chi connectivity index (χ2n) is 7.50. The summed E-state index contributed by atoms with van der Waals surface area (Å²) in [7, 11) is 0. The van der Waals surface area contributed by atoms with Crippen molar-refractivity contribution in [2.75, 3.05) is 4.72 Å². The number of anilines is 1. The number of amides is 1. The molecule has 1 amide bonds. The lowest BCUT2D eigenvalue weighted by molar-refractivity contribution is -0.106. The molecule has 1 unspecified atom stereocenters. The number of rotatable bonds is 3. The molecule has 0 saturated heterocycles. The van der Waals surface area contributed by atoms with Crippen LogP contribution in [0.2, 0.25) is 0 Å². The summed E-state index contributed by atoms with van der Waals surface area (Å²) in [6, 6.07) is 1.96. The Hall–Kier alpha value is -1.99. The molecule has 3 aliphatic rings. The second-order valence-corrected chi connectivity index (χ2v) is 8.31. The molecule has 2 aromatic rings. The van der Waals surface area contributed by atoms with E-state index < -0.39 is 6.10 Å². The molecule has 0 spiro atoms. The van der Waals surface area contributed by atoms with Crippen molar-refractivity contribution in [2.24, 2.45) is 5.73 Å². The summed E-state index contributed by atoms with van der Waals surface area (Å²) in [5.74, 6) is 0.977. The molecule has 0 bridgehead atoms. The number of primary amides is 1. The predicted molar refractivity (Wildman–Crippen MR) is 107 cm³/mol. The van der Waals surface area contributed by atoms with E-state index in [9.17, 15) is 9.50 Å². The average molecular weight is 405 g/mol. The summed E-state index contributed by atoms with van der Waals surface area (Å²) < 4.78 is 24.1. The van der Waals surface area contributed by atoms with Crippen LogP contribution >= 0.6 is 11.9 Å². The maximum atomic E-state index is 14.7. The third-order valence-corrected chi connectivity index (χ3v) is 6.59. The largest absolute Gasteiger partial charge is 0.453 e. The van der Waals surface area contributed by atoms with Gasteiger partial charge in [0.2, 0.25) is 6.41 Å². The van der Waals surface area contributed by atoms with Crippen molar-refractivity contribution >= 4 is 24.0 Å². The molecule has 1 aromatic carbocycles. The zero-order valence-corrected chi connectivity index (χ0v) is 16.5. The summed E-state index contributed by atoms with van der Waals surface area (Å²) in [6.07, 6.45) is 8.22. The normalized spacial score (nSPS) is 19.3. The zero-order chi connectivity index (χ0) is 19.7. The van der Waals surface area contributed by atoms with Gasteiger partial charge in [-0.2, -0.15) is 0 Å². The van der Waals surface area contributed by atoms with E-state index in [1.807, 2.05) is 6.07 Å². The number of aliphatic hydroxyl groups excluding tert-OH is 1. The summed E-state index contributed by atoms with van der Waals surface area (Å²) in [5.41, 5.74) is 10.4. The summed E-state index contributed by atoms with van der Waals surface area (Å²) >= 11 is 1.46. The summed E-state index contributed by atoms with van der Waals surface area (Å²) in [4.78, 5) is 8.58. The fourth-order valence-electron chi connectivity index (χ4n) is 4.67. The standard InChI is InChI=1S/C20H22FNO2S.CH3NO/c21-19-11-4-1-6-13(11)20(14-7-2-5-12(14)19)22-25-18-10-15-16(23)8-3-9-17(15)24-18;2-1-3/h10,16,22-23H,1-9H2;1H,(H2,2,3). The highest BCUT2D eigenvalue weighted by Gasteiger charge is 2.29. The highest BCUT2D eigenvalue weighted by Crippen LogP contribution is 2.43. The number of benzene rings is 1. The number of nitrogens with one attached hydrogen (secondary N) is 1. The first-order chi connectivity index (χ1) is 13.6. The number of fused-ring (bicyclic) bond motifs is 3. The monoisotopic (exact) mass is 404 g/mol. The van der Waals surface area contributed by atoms with Crippen LogP contribution < -0.4 is 10.5 Å². The quantitative estimate of drug-likeness (QED) is 0.532. The second kappa shape index (κ2) is 8.17. The fraction of sp³-hybridized carbons (Fsp3) is 0.476. The van der Waals surface area contributed by atoms with Gasteiger partial charge in [0.15, 0.2) is 5.09 Å². The van der Waals surface area contributed by atoms with E-state index in [1.165, 1.54) is 23.1 Å². The maximum Gasteiger partial charge on any atom is 0.204 e. The van der Waals surface area contributed by atoms with E-state index in [4.69, 9.17) is 9.21 Å². The van der Waals surface area contributed by atoms with Gasteiger partial charge in [-0.3, -0.25) is 4.79 Å². The van der Waals surface area contributed by atoms with Crippen molar-refractivity contribution in [1.29, 1.82) is 0 Å². The Morgan fingerprint density at radius 2 is 1.71 bits per heavy atom. The lowest BCUT2D eigenvalue weighted by Crippen LogP contribution is -2.05. The third-order valence-electron chi connectivity index (χ3n) is 5.88. The van der Waals surface area contributed by atoms with Gasteiger partial charge in [-0.05, 0) is 79.7 Å². The number of aryl methyl sites for hydroxylation is 1. The molecule has 7 heteroatoms. The molecule has 5 nitrogen and oxygen atoms in total. The number of nitrogens with two attached hydrogens (primary N) is 1. The Labute approximate surface area is 168 Å². The van der Waals surface area contributed by atoms with E-state index in [1.54, 1.807) is 0 Å². The third kappa shape index (κ3) is 3.42. The summed E-state index contributed by atoms with van der Waals surface area (Å²) in [6.45, 7) is 0. The van der Waals surface area contributed by atoms with Crippen molar-refractivity contribution in [1.82, 2.24) is 0 Å². The van der Waals surface area contributed by atoms with Gasteiger partial charge >= 0.3 is 0 Å². The predicted octanol–water partition coefficient (Wildman–Crippen LogP) is 3.99. The van der Waals surface area contributed by atoms with E-state index >= 15 is 0 Å². The molecule has 0 aliphatic heterocycles. The van der Waals surface area contributed by atoms with Crippen LogP contribution in [0.25, 0.3) is 0 Å². The van der Waals surface area contributed by atoms with Gasteiger partial charge in [0.25, 0.3) is 0 Å². The first-order valence-corrected chi connectivity index (χ1v) is 10.7. The minimum absolute atomic E-state index is 0.0622. The van der Waals surface area contributed by atoms with E-state index in [2.05, 4.69) is 10.5 Å². The van der Waals surface area contributed by atoms with Crippen LogP contribution in [0.1, 0.15) is 65.4 Å². The summed E-state index contributed by atoms with van der Waals surface area (Å²) in [5, 5.41) is 10.9. The number of carbonyl (C=O) groups excluding carboxylic acids is 1. The van der Waals surface area contributed by atoms with Crippen LogP contribution in [-0.2, 0) is 36.9 Å². The Morgan fingerprint density at radius 1 is 1.11 bits per heavy atom. The smallest absolute Gasteiger partial charge is 0.204 e. The van der Waals surface area contributed by atoms with Crippen molar-refractivity contribution in [3.63, 3.8) is 0 Å². The molecule has 4 N–H and O–H groups in total. The number of furan rings is 1. The molecular formula is C21H25FN2O3S. The van der Waals surface area contributed by atoms with Gasteiger partial charge in [-0.25, -0.2) is 4.39 Å². The van der Waals surface area contributed by atoms with E-state index in [-0.39, 0.29) is 12.2 Å². The van der Waals surface area contributed by atoms with E-state index in [0.717, 1.165) is 91.0 Å². The van der Waals surface area contributed by atoms with Gasteiger partial charge in [0.05, 0.1) is 11.8 Å². The number of hydrogen-bond acceptors (Lipinski definition) is 5. The van der Waals surface area contributed by atoms with Crippen molar-refractivity contribution < 1.29 is 18.7 Å². The lowest BCUT2D eigenvalue weighted by atomic mass is 9.96. The lowest BCUT2D eigenvalue weighted by Gasteiger charge is -2.16. The van der Waals surface area contributed by atoms with Crippen LogP contribution in [0.3, 0.4) is 0 Å². The Balaban J connectivity index is 0.000000604. The first kappa shape index (κ1) is 19.3. The van der Waals surface area contributed by atoms with Crippen LogP contribution in [0.5, 0.6) is 0 Å². The molecule has 1 heterocycles. The number of carbonyl (C=O) groups is 1. The van der Waals surface area contributed by atoms with Gasteiger partial charge in [-0.1, -0.05) is 0 Å². The van der Waals surface area contributed by atoms with Crippen LogP contribution in [0.15, 0.2) is 15.6 Å². The molecule has 28 heavy (non-hydrogen) atoms. The van der Waals surface area contributed by atoms with E-state index in [0.29, 0.717) is 0 Å². The molecule has 0 radical (unpaired) electrons. The topological polar surface area (TPSA) is 88.5 Å². The SMILES string of the molecule is NC=O.OC1CCCc2oc(SNc3c4c(c(F)c5c3CCC5)CCC4)cc21. The highest BCUT2D eigenvalue weighted by atomic mass is 32.2. The fourth-order valence-corrected chi connectivity index (χ4v) is 5.45. The zero-order valence-electron chi connectivity index (χ0n) is 15.7. The first-order valence-electron chi connectivity index (χ1n) is 9.87. The minimum Gasteiger partial charge on any atom is -0.453 e. The van der Waals surface area contributed by atoms with Gasteiger partial charge in [-0.15, -0.1) is 0 Å². The molecular weight excluding hydrogens is 379 g/mol. The number of aliphatic hydroxyl groups is 1. The van der Waals surface area contributed by atoms with Crippen molar-refractivity contribution in [3.05, 3.63) is 45.5 Å². The van der Waals surface area contributed by atoms with Crippen LogP contribution in [0.4, 0.5) is 10.1 Å². The van der Waals surface area contributed by atoms with Crippen molar-refractivity contribution in [2.45, 2.75) is 69.0 Å². The van der Waals surface area contributed by atoms with Gasteiger partial charge < -0.3 is 20.0 Å².